The highest BCUT2D eigenvalue weighted by molar-refractivity contribution is 9.10. The zero-order valence-corrected chi connectivity index (χ0v) is 11.0. The minimum atomic E-state index is -0.255. The monoisotopic (exact) mass is 295 g/mol. The summed E-state index contributed by atoms with van der Waals surface area (Å²) in [6.45, 7) is 0. The lowest BCUT2D eigenvalue weighted by Crippen LogP contribution is -2.38. The first-order valence-electron chi connectivity index (χ1n) is 5.71. The number of rotatable bonds is 3. The third-order valence-electron chi connectivity index (χ3n) is 2.89. The van der Waals surface area contributed by atoms with E-state index in [0.717, 1.165) is 22.9 Å². The first-order chi connectivity index (χ1) is 8.15. The molecule has 2 rings (SSSR count). The van der Waals surface area contributed by atoms with Crippen molar-refractivity contribution in [1.29, 1.82) is 0 Å². The van der Waals surface area contributed by atoms with Gasteiger partial charge in [-0.15, -0.1) is 0 Å². The van der Waals surface area contributed by atoms with E-state index in [0.29, 0.717) is 12.8 Å². The van der Waals surface area contributed by atoms with Crippen molar-refractivity contribution >= 4 is 27.6 Å². The number of ketones is 1. The van der Waals surface area contributed by atoms with Gasteiger partial charge in [-0.3, -0.25) is 9.59 Å². The fourth-order valence-corrected chi connectivity index (χ4v) is 2.49. The molecule has 90 valence electrons. The number of benzene rings is 1. The molecular weight excluding hydrogens is 282 g/mol. The smallest absolute Gasteiger partial charge is 0.225 e. The van der Waals surface area contributed by atoms with Gasteiger partial charge in [0.2, 0.25) is 5.91 Å². The molecule has 4 heteroatoms. The molecule has 0 aliphatic heterocycles. The summed E-state index contributed by atoms with van der Waals surface area (Å²) < 4.78 is 0.958. The molecule has 1 atom stereocenters. The van der Waals surface area contributed by atoms with Crippen molar-refractivity contribution in [2.45, 2.75) is 31.7 Å². The van der Waals surface area contributed by atoms with Crippen LogP contribution in [0, 0.1) is 0 Å². The number of hydrogen-bond donors (Lipinski definition) is 1. The Labute approximate surface area is 109 Å². The van der Waals surface area contributed by atoms with E-state index in [4.69, 9.17) is 0 Å². The number of carbonyl (C=O) groups is 2. The molecule has 0 aromatic heterocycles. The molecule has 0 spiro atoms. The van der Waals surface area contributed by atoms with E-state index in [2.05, 4.69) is 21.2 Å². The van der Waals surface area contributed by atoms with Gasteiger partial charge in [0.15, 0.2) is 5.78 Å². The van der Waals surface area contributed by atoms with Gasteiger partial charge in [-0.2, -0.15) is 0 Å². The predicted molar refractivity (Wildman–Crippen MR) is 68.6 cm³/mol. The molecule has 3 nitrogen and oxygen atoms in total. The van der Waals surface area contributed by atoms with Crippen LogP contribution in [0.5, 0.6) is 0 Å². The average molecular weight is 296 g/mol. The van der Waals surface area contributed by atoms with Gasteiger partial charge in [0, 0.05) is 10.9 Å². The Hall–Kier alpha value is -1.16. The van der Waals surface area contributed by atoms with Gasteiger partial charge in [-0.1, -0.05) is 28.1 Å². The van der Waals surface area contributed by atoms with Gasteiger partial charge >= 0.3 is 0 Å². The molecule has 1 aliphatic carbocycles. The highest BCUT2D eigenvalue weighted by Crippen LogP contribution is 2.15. The van der Waals surface area contributed by atoms with Crippen molar-refractivity contribution in [3.63, 3.8) is 0 Å². The van der Waals surface area contributed by atoms with Crippen LogP contribution in [0.25, 0.3) is 0 Å². The van der Waals surface area contributed by atoms with Crippen molar-refractivity contribution in [1.82, 2.24) is 5.32 Å². The number of amides is 1. The molecule has 0 bridgehead atoms. The summed E-state index contributed by atoms with van der Waals surface area (Å²) in [6.07, 6.45) is 2.59. The fraction of sp³-hybridized carbons (Fsp3) is 0.385. The summed E-state index contributed by atoms with van der Waals surface area (Å²) in [4.78, 5) is 23.1. The van der Waals surface area contributed by atoms with Crippen molar-refractivity contribution in [3.05, 3.63) is 34.3 Å². The Kier molecular flexibility index (Phi) is 3.94. The SMILES string of the molecule is O=C(Cc1cccc(Br)c1)N[C@@H]1CCCC1=O. The molecule has 1 N–H and O–H groups in total. The fourth-order valence-electron chi connectivity index (χ4n) is 2.05. The van der Waals surface area contributed by atoms with Crippen molar-refractivity contribution in [2.24, 2.45) is 0 Å². The van der Waals surface area contributed by atoms with Crippen LogP contribution in [-0.4, -0.2) is 17.7 Å². The largest absolute Gasteiger partial charge is 0.346 e. The quantitative estimate of drug-likeness (QED) is 0.929. The summed E-state index contributed by atoms with van der Waals surface area (Å²) in [5.74, 6) is 0.0796. The number of carbonyl (C=O) groups excluding carboxylic acids is 2. The second-order valence-corrected chi connectivity index (χ2v) is 5.20. The van der Waals surface area contributed by atoms with Crippen molar-refractivity contribution < 1.29 is 9.59 Å². The van der Waals surface area contributed by atoms with Crippen LogP contribution in [0.1, 0.15) is 24.8 Å². The zero-order valence-electron chi connectivity index (χ0n) is 9.41. The van der Waals surface area contributed by atoms with Gasteiger partial charge in [-0.05, 0) is 30.5 Å². The molecule has 0 unspecified atom stereocenters. The maximum Gasteiger partial charge on any atom is 0.225 e. The second kappa shape index (κ2) is 5.45. The summed E-state index contributed by atoms with van der Waals surface area (Å²) in [6, 6.07) is 7.38. The van der Waals surface area contributed by atoms with Crippen LogP contribution in [0.15, 0.2) is 28.7 Å². The molecule has 1 fully saturated rings. The number of Topliss-reactive ketones (excluding diaryl/α,β-unsaturated/α-hetero) is 1. The Morgan fingerprint density at radius 1 is 1.47 bits per heavy atom. The van der Waals surface area contributed by atoms with Crippen molar-refractivity contribution in [3.8, 4) is 0 Å². The van der Waals surface area contributed by atoms with Gasteiger partial charge in [-0.25, -0.2) is 0 Å². The molecule has 0 radical (unpaired) electrons. The van der Waals surface area contributed by atoms with E-state index < -0.39 is 0 Å². The van der Waals surface area contributed by atoms with Crippen LogP contribution >= 0.6 is 15.9 Å². The Morgan fingerprint density at radius 3 is 2.94 bits per heavy atom. The number of nitrogens with one attached hydrogen (secondary N) is 1. The molecule has 0 saturated heterocycles. The first-order valence-corrected chi connectivity index (χ1v) is 6.51. The van der Waals surface area contributed by atoms with E-state index in [-0.39, 0.29) is 17.7 Å². The average Bonchev–Trinajstić information content (AvgIpc) is 2.64. The van der Waals surface area contributed by atoms with E-state index in [1.165, 1.54) is 0 Å². The summed E-state index contributed by atoms with van der Waals surface area (Å²) in [7, 11) is 0. The van der Waals surface area contributed by atoms with Crippen LogP contribution in [0.4, 0.5) is 0 Å². The standard InChI is InChI=1S/C13H14BrNO2/c14-10-4-1-3-9(7-10)8-13(17)15-11-5-2-6-12(11)16/h1,3-4,7,11H,2,5-6,8H2,(H,15,17)/t11-/m1/s1. The van der Waals surface area contributed by atoms with E-state index in [1.807, 2.05) is 24.3 Å². The molecular formula is C13H14BrNO2. The second-order valence-electron chi connectivity index (χ2n) is 4.29. The predicted octanol–water partition coefficient (Wildman–Crippen LogP) is 2.23. The minimum Gasteiger partial charge on any atom is -0.346 e. The van der Waals surface area contributed by atoms with Crippen molar-refractivity contribution in [2.75, 3.05) is 0 Å². The minimum absolute atomic E-state index is 0.0802. The zero-order chi connectivity index (χ0) is 12.3. The van der Waals surface area contributed by atoms with E-state index >= 15 is 0 Å². The number of hydrogen-bond acceptors (Lipinski definition) is 2. The van der Waals surface area contributed by atoms with E-state index in [9.17, 15) is 9.59 Å². The third-order valence-corrected chi connectivity index (χ3v) is 3.39. The number of halogens is 1. The molecule has 1 aliphatic rings. The molecule has 1 aromatic carbocycles. The molecule has 1 saturated carbocycles. The van der Waals surface area contributed by atoms with Crippen LogP contribution in [0.3, 0.4) is 0 Å². The lowest BCUT2D eigenvalue weighted by atomic mass is 10.1. The molecule has 1 amide bonds. The summed E-state index contributed by atoms with van der Waals surface area (Å²) in [5, 5.41) is 2.79. The van der Waals surface area contributed by atoms with Crippen LogP contribution < -0.4 is 5.32 Å². The van der Waals surface area contributed by atoms with Gasteiger partial charge in [0.1, 0.15) is 0 Å². The maximum absolute atomic E-state index is 11.7. The van der Waals surface area contributed by atoms with Gasteiger partial charge in [0.25, 0.3) is 0 Å². The molecule has 17 heavy (non-hydrogen) atoms. The third kappa shape index (κ3) is 3.40. The highest BCUT2D eigenvalue weighted by Gasteiger charge is 2.25. The highest BCUT2D eigenvalue weighted by atomic mass is 79.9. The van der Waals surface area contributed by atoms with Gasteiger partial charge < -0.3 is 5.32 Å². The Bertz CT molecular complexity index is 445. The lowest BCUT2D eigenvalue weighted by molar-refractivity contribution is -0.126. The Morgan fingerprint density at radius 2 is 2.29 bits per heavy atom. The topological polar surface area (TPSA) is 46.2 Å². The normalized spacial score (nSPS) is 19.4. The van der Waals surface area contributed by atoms with Gasteiger partial charge in [0.05, 0.1) is 12.5 Å². The van der Waals surface area contributed by atoms with Crippen LogP contribution in [-0.2, 0) is 16.0 Å². The van der Waals surface area contributed by atoms with E-state index in [1.54, 1.807) is 0 Å². The first kappa shape index (κ1) is 12.3. The summed E-state index contributed by atoms with van der Waals surface area (Å²) >= 11 is 3.36. The van der Waals surface area contributed by atoms with Crippen LogP contribution in [0.2, 0.25) is 0 Å². The molecule has 0 heterocycles. The molecule has 1 aromatic rings. The lowest BCUT2D eigenvalue weighted by Gasteiger charge is -2.10. The summed E-state index contributed by atoms with van der Waals surface area (Å²) in [5.41, 5.74) is 0.947. The maximum atomic E-state index is 11.7. The Balaban J connectivity index is 1.91.